The first-order valence-corrected chi connectivity index (χ1v) is 8.97. The maximum Gasteiger partial charge on any atom is 0.416 e. The van der Waals surface area contributed by atoms with Crippen LogP contribution in [0.4, 0.5) is 13.2 Å². The predicted octanol–water partition coefficient (Wildman–Crippen LogP) is 5.49. The topological polar surface area (TPSA) is 38.1 Å². The highest BCUT2D eigenvalue weighted by molar-refractivity contribution is 5.77. The number of rotatable bonds is 3. The first-order chi connectivity index (χ1) is 13.0. The Labute approximate surface area is 155 Å². The molecule has 27 heavy (non-hydrogen) atoms. The van der Waals surface area contributed by atoms with E-state index in [0.29, 0.717) is 22.9 Å². The molecule has 4 rings (SSSR count). The molecule has 1 saturated heterocycles. The number of hydrogen-bond donors (Lipinski definition) is 1. The van der Waals surface area contributed by atoms with Gasteiger partial charge in [-0.1, -0.05) is 42.5 Å². The summed E-state index contributed by atoms with van der Waals surface area (Å²) in [6, 6.07) is 14.6. The summed E-state index contributed by atoms with van der Waals surface area (Å²) in [6.07, 6.45) is -2.49. The third-order valence-electron chi connectivity index (χ3n) is 4.85. The number of oxazole rings is 1. The Morgan fingerprint density at radius 2 is 1.56 bits per heavy atom. The third kappa shape index (κ3) is 3.76. The van der Waals surface area contributed by atoms with E-state index in [1.807, 2.05) is 30.3 Å². The van der Waals surface area contributed by atoms with Crippen molar-refractivity contribution < 1.29 is 17.6 Å². The second-order valence-electron chi connectivity index (χ2n) is 6.70. The number of benzene rings is 2. The van der Waals surface area contributed by atoms with Crippen LogP contribution < -0.4 is 5.32 Å². The smallest absolute Gasteiger partial charge is 0.416 e. The van der Waals surface area contributed by atoms with Crippen molar-refractivity contribution in [1.82, 2.24) is 10.3 Å². The fraction of sp³-hybridized carbons (Fsp3) is 0.286. The van der Waals surface area contributed by atoms with Crippen LogP contribution in [0.15, 0.2) is 59.0 Å². The monoisotopic (exact) mass is 372 g/mol. The van der Waals surface area contributed by atoms with Crippen LogP contribution in [0, 0.1) is 0 Å². The van der Waals surface area contributed by atoms with Gasteiger partial charge in [-0.15, -0.1) is 0 Å². The SMILES string of the molecule is FC(F)(F)c1ccc(-c2nc(C3CCNCC3)oc2-c2ccccc2)cc1. The number of nitrogens with one attached hydrogen (secondary N) is 1. The van der Waals surface area contributed by atoms with Crippen LogP contribution in [-0.4, -0.2) is 18.1 Å². The summed E-state index contributed by atoms with van der Waals surface area (Å²) in [4.78, 5) is 4.70. The van der Waals surface area contributed by atoms with Gasteiger partial charge in [0.15, 0.2) is 11.7 Å². The molecule has 1 aromatic heterocycles. The van der Waals surface area contributed by atoms with E-state index in [-0.39, 0.29) is 5.92 Å². The summed E-state index contributed by atoms with van der Waals surface area (Å²) in [6.45, 7) is 1.81. The lowest BCUT2D eigenvalue weighted by molar-refractivity contribution is -0.137. The quantitative estimate of drug-likeness (QED) is 0.660. The van der Waals surface area contributed by atoms with Crippen LogP contribution in [0.25, 0.3) is 22.6 Å². The van der Waals surface area contributed by atoms with E-state index in [4.69, 9.17) is 9.40 Å². The molecule has 2 heterocycles. The van der Waals surface area contributed by atoms with Gasteiger partial charge in [-0.25, -0.2) is 4.98 Å². The standard InChI is InChI=1S/C21H19F3N2O/c22-21(23,24)17-8-6-14(7-9-17)18-19(15-4-2-1-3-5-15)27-20(26-18)16-10-12-25-13-11-16/h1-9,16,25H,10-13H2. The third-order valence-corrected chi connectivity index (χ3v) is 4.85. The molecule has 0 bridgehead atoms. The lowest BCUT2D eigenvalue weighted by Crippen LogP contribution is -2.26. The largest absolute Gasteiger partial charge is 0.440 e. The second-order valence-corrected chi connectivity index (χ2v) is 6.70. The molecule has 140 valence electrons. The minimum Gasteiger partial charge on any atom is -0.440 e. The Balaban J connectivity index is 1.77. The van der Waals surface area contributed by atoms with Crippen molar-refractivity contribution in [2.75, 3.05) is 13.1 Å². The molecule has 0 amide bonds. The number of alkyl halides is 3. The lowest BCUT2D eigenvalue weighted by Gasteiger charge is -2.19. The van der Waals surface area contributed by atoms with E-state index >= 15 is 0 Å². The molecule has 3 nitrogen and oxygen atoms in total. The van der Waals surface area contributed by atoms with E-state index in [1.165, 1.54) is 12.1 Å². The number of halogens is 3. The molecular weight excluding hydrogens is 353 g/mol. The fourth-order valence-electron chi connectivity index (χ4n) is 3.38. The van der Waals surface area contributed by atoms with Crippen LogP contribution in [0.3, 0.4) is 0 Å². The minimum atomic E-state index is -4.36. The highest BCUT2D eigenvalue weighted by atomic mass is 19.4. The van der Waals surface area contributed by atoms with E-state index < -0.39 is 11.7 Å². The first-order valence-electron chi connectivity index (χ1n) is 8.97. The maximum absolute atomic E-state index is 12.9. The van der Waals surface area contributed by atoms with Crippen LogP contribution in [-0.2, 0) is 6.18 Å². The molecule has 1 fully saturated rings. The van der Waals surface area contributed by atoms with Crippen molar-refractivity contribution in [3.05, 3.63) is 66.1 Å². The van der Waals surface area contributed by atoms with E-state index in [0.717, 1.165) is 43.6 Å². The molecule has 0 spiro atoms. The maximum atomic E-state index is 12.9. The summed E-state index contributed by atoms with van der Waals surface area (Å²) in [7, 11) is 0. The minimum absolute atomic E-state index is 0.219. The van der Waals surface area contributed by atoms with Gasteiger partial charge in [0.1, 0.15) is 5.69 Å². The zero-order valence-corrected chi connectivity index (χ0v) is 14.6. The Morgan fingerprint density at radius 3 is 2.19 bits per heavy atom. The van der Waals surface area contributed by atoms with E-state index in [2.05, 4.69) is 5.32 Å². The van der Waals surface area contributed by atoms with Gasteiger partial charge >= 0.3 is 6.18 Å². The van der Waals surface area contributed by atoms with Gasteiger partial charge in [0.05, 0.1) is 5.56 Å². The Bertz CT molecular complexity index is 895. The highest BCUT2D eigenvalue weighted by Crippen LogP contribution is 2.38. The van der Waals surface area contributed by atoms with Crippen molar-refractivity contribution in [3.8, 4) is 22.6 Å². The van der Waals surface area contributed by atoms with Crippen molar-refractivity contribution in [2.45, 2.75) is 24.9 Å². The van der Waals surface area contributed by atoms with Crippen LogP contribution in [0.1, 0.15) is 30.2 Å². The summed E-state index contributed by atoms with van der Waals surface area (Å²) in [5.41, 5.74) is 1.39. The van der Waals surface area contributed by atoms with Gasteiger partial charge in [0.2, 0.25) is 0 Å². The summed E-state index contributed by atoms with van der Waals surface area (Å²) in [5, 5.41) is 3.31. The molecular formula is C21H19F3N2O. The van der Waals surface area contributed by atoms with Crippen LogP contribution >= 0.6 is 0 Å². The number of hydrogen-bond acceptors (Lipinski definition) is 3. The van der Waals surface area contributed by atoms with Crippen molar-refractivity contribution in [3.63, 3.8) is 0 Å². The molecule has 1 aliphatic rings. The molecule has 0 atom stereocenters. The highest BCUT2D eigenvalue weighted by Gasteiger charge is 2.30. The number of nitrogens with zero attached hydrogens (tertiary/aromatic N) is 1. The summed E-state index contributed by atoms with van der Waals surface area (Å²) < 4.78 is 44.8. The molecule has 0 unspecified atom stereocenters. The zero-order valence-electron chi connectivity index (χ0n) is 14.6. The Hall–Kier alpha value is -2.60. The fourth-order valence-corrected chi connectivity index (χ4v) is 3.38. The normalized spacial score (nSPS) is 15.8. The van der Waals surface area contributed by atoms with Crippen molar-refractivity contribution in [2.24, 2.45) is 0 Å². The Kier molecular flexibility index (Phi) is 4.74. The first kappa shape index (κ1) is 17.8. The van der Waals surface area contributed by atoms with Gasteiger partial charge in [-0.05, 0) is 38.1 Å². The van der Waals surface area contributed by atoms with Crippen LogP contribution in [0.2, 0.25) is 0 Å². The molecule has 1 N–H and O–H groups in total. The lowest BCUT2D eigenvalue weighted by atomic mass is 9.98. The van der Waals surface area contributed by atoms with Gasteiger partial charge in [-0.2, -0.15) is 13.2 Å². The van der Waals surface area contributed by atoms with Crippen molar-refractivity contribution >= 4 is 0 Å². The van der Waals surface area contributed by atoms with E-state index in [1.54, 1.807) is 0 Å². The zero-order chi connectivity index (χ0) is 18.9. The molecule has 0 radical (unpaired) electrons. The molecule has 0 saturated carbocycles. The number of piperidine rings is 1. The van der Waals surface area contributed by atoms with Crippen LogP contribution in [0.5, 0.6) is 0 Å². The van der Waals surface area contributed by atoms with E-state index in [9.17, 15) is 13.2 Å². The Morgan fingerprint density at radius 1 is 0.889 bits per heavy atom. The summed E-state index contributed by atoms with van der Waals surface area (Å²) >= 11 is 0. The summed E-state index contributed by atoms with van der Waals surface area (Å²) in [5.74, 6) is 1.48. The number of aromatic nitrogens is 1. The molecule has 1 aliphatic heterocycles. The average molecular weight is 372 g/mol. The van der Waals surface area contributed by atoms with Gasteiger partial charge < -0.3 is 9.73 Å². The van der Waals surface area contributed by atoms with Gasteiger partial charge in [-0.3, -0.25) is 0 Å². The van der Waals surface area contributed by atoms with Crippen molar-refractivity contribution in [1.29, 1.82) is 0 Å². The molecule has 6 heteroatoms. The van der Waals surface area contributed by atoms with Gasteiger partial charge in [0.25, 0.3) is 0 Å². The molecule has 3 aromatic rings. The van der Waals surface area contributed by atoms with Gasteiger partial charge in [0, 0.05) is 17.0 Å². The molecule has 2 aromatic carbocycles. The second kappa shape index (κ2) is 7.19. The molecule has 0 aliphatic carbocycles. The predicted molar refractivity (Wildman–Crippen MR) is 97.2 cm³/mol. The average Bonchev–Trinajstić information content (AvgIpc) is 3.14.